The van der Waals surface area contributed by atoms with Crippen molar-refractivity contribution in [2.45, 2.75) is 87.6 Å². The quantitative estimate of drug-likeness (QED) is 0.756. The number of amides is 2. The van der Waals surface area contributed by atoms with Crippen molar-refractivity contribution >= 4 is 16.1 Å². The van der Waals surface area contributed by atoms with E-state index in [0.29, 0.717) is 25.8 Å². The minimum atomic E-state index is -3.37. The second kappa shape index (κ2) is 7.17. The van der Waals surface area contributed by atoms with Crippen molar-refractivity contribution in [3.63, 3.8) is 0 Å². The molecule has 2 amide bonds. The van der Waals surface area contributed by atoms with Gasteiger partial charge in [0, 0.05) is 19.1 Å². The van der Waals surface area contributed by atoms with E-state index >= 15 is 0 Å². The lowest BCUT2D eigenvalue weighted by Gasteiger charge is -2.37. The van der Waals surface area contributed by atoms with E-state index < -0.39 is 15.3 Å². The van der Waals surface area contributed by atoms with Crippen molar-refractivity contribution < 1.29 is 13.2 Å². The molecule has 8 heteroatoms. The van der Waals surface area contributed by atoms with Crippen molar-refractivity contribution in [3.05, 3.63) is 0 Å². The van der Waals surface area contributed by atoms with Crippen LogP contribution in [-0.4, -0.2) is 60.7 Å². The molecular weight excluding hydrogens is 376 g/mol. The van der Waals surface area contributed by atoms with E-state index in [4.69, 9.17) is 0 Å². The molecule has 0 radical (unpaired) electrons. The summed E-state index contributed by atoms with van der Waals surface area (Å²) in [6.07, 6.45) is 7.77. The molecule has 4 fully saturated rings. The highest BCUT2D eigenvalue weighted by Crippen LogP contribution is 2.40. The van der Waals surface area contributed by atoms with Gasteiger partial charge in [0.15, 0.2) is 0 Å². The zero-order chi connectivity index (χ0) is 20.1. The molecule has 7 nitrogen and oxygen atoms in total. The molecule has 156 valence electrons. The molecule has 1 aliphatic heterocycles. The maximum absolute atomic E-state index is 12.9. The second-order valence-corrected chi connectivity index (χ2v) is 11.6. The zero-order valence-electron chi connectivity index (χ0n) is 16.9. The van der Waals surface area contributed by atoms with Gasteiger partial charge in [-0.1, -0.05) is 12.8 Å². The van der Waals surface area contributed by atoms with Gasteiger partial charge in [0.05, 0.1) is 29.3 Å². The Morgan fingerprint density at radius 3 is 2.57 bits per heavy atom. The second-order valence-electron chi connectivity index (χ2n) is 9.60. The lowest BCUT2D eigenvalue weighted by atomic mass is 9.79. The number of nitrogens with zero attached hydrogens (tertiary/aromatic N) is 3. The predicted molar refractivity (Wildman–Crippen MR) is 106 cm³/mol. The van der Waals surface area contributed by atoms with Gasteiger partial charge >= 0.3 is 6.03 Å². The van der Waals surface area contributed by atoms with Crippen LogP contribution in [0.5, 0.6) is 0 Å². The summed E-state index contributed by atoms with van der Waals surface area (Å²) in [6, 6.07) is 2.45. The summed E-state index contributed by atoms with van der Waals surface area (Å²) in [5.74, 6) is 0.277. The summed E-state index contributed by atoms with van der Waals surface area (Å²) in [7, 11) is -1.57. The van der Waals surface area contributed by atoms with Crippen LogP contribution >= 0.6 is 0 Å². The van der Waals surface area contributed by atoms with Crippen molar-refractivity contribution in [2.24, 2.45) is 11.8 Å². The van der Waals surface area contributed by atoms with Gasteiger partial charge in [0.1, 0.15) is 0 Å². The van der Waals surface area contributed by atoms with Crippen LogP contribution in [0, 0.1) is 23.2 Å². The topological polar surface area (TPSA) is 93.5 Å². The maximum Gasteiger partial charge on any atom is 0.320 e. The first kappa shape index (κ1) is 20.0. The van der Waals surface area contributed by atoms with Crippen molar-refractivity contribution in [3.8, 4) is 6.07 Å². The molecule has 5 unspecified atom stereocenters. The Labute approximate surface area is 168 Å². The van der Waals surface area contributed by atoms with Crippen LogP contribution in [0.4, 0.5) is 4.79 Å². The molecule has 0 aromatic heterocycles. The van der Waals surface area contributed by atoms with E-state index in [-0.39, 0.29) is 35.5 Å². The standard InChI is InChI=1S/C20H32N4O3S/c1-20(9-10-20)22-28(26,27)16-7-8-17-18(11-16)23(2)19(25)24(17)13-15-6-4-3-5-14(15)12-21/h14-18,22H,3-11,13H2,1-2H3. The fraction of sp³-hybridized carbons (Fsp3) is 0.900. The third kappa shape index (κ3) is 3.63. The SMILES string of the molecule is CN1C(=O)N(CC2CCCCC2C#N)C2CCC(S(=O)(=O)NC3(C)CC3)CC21. The summed E-state index contributed by atoms with van der Waals surface area (Å²) in [4.78, 5) is 16.6. The van der Waals surface area contributed by atoms with Gasteiger partial charge in [-0.25, -0.2) is 17.9 Å². The fourth-order valence-electron chi connectivity index (χ4n) is 5.42. The van der Waals surface area contributed by atoms with Crippen LogP contribution in [0.2, 0.25) is 0 Å². The molecule has 0 bridgehead atoms. The van der Waals surface area contributed by atoms with E-state index in [0.717, 1.165) is 38.5 Å². The van der Waals surface area contributed by atoms with Crippen LogP contribution in [0.15, 0.2) is 0 Å². The van der Waals surface area contributed by atoms with Crippen LogP contribution in [-0.2, 0) is 10.0 Å². The number of nitriles is 1. The Morgan fingerprint density at radius 1 is 1.18 bits per heavy atom. The number of fused-ring (bicyclic) bond motifs is 1. The summed E-state index contributed by atoms with van der Waals surface area (Å²) in [6.45, 7) is 2.59. The number of hydrogen-bond donors (Lipinski definition) is 1. The van der Waals surface area contributed by atoms with Gasteiger partial charge in [-0.15, -0.1) is 0 Å². The largest absolute Gasteiger partial charge is 0.323 e. The lowest BCUT2D eigenvalue weighted by molar-refractivity contribution is 0.151. The molecular formula is C20H32N4O3S. The predicted octanol–water partition coefficient (Wildman–Crippen LogP) is 2.45. The first-order valence-corrected chi connectivity index (χ1v) is 12.2. The average Bonchev–Trinajstić information content (AvgIpc) is 3.34. The molecule has 3 aliphatic carbocycles. The van der Waals surface area contributed by atoms with Crippen molar-refractivity contribution in [1.29, 1.82) is 5.26 Å². The van der Waals surface area contributed by atoms with Gasteiger partial charge in [0.25, 0.3) is 0 Å². The van der Waals surface area contributed by atoms with Gasteiger partial charge in [0.2, 0.25) is 10.0 Å². The Balaban J connectivity index is 1.45. The zero-order valence-corrected chi connectivity index (χ0v) is 17.7. The number of carbonyl (C=O) groups excluding carboxylic acids is 1. The van der Waals surface area contributed by atoms with Crippen LogP contribution in [0.25, 0.3) is 0 Å². The monoisotopic (exact) mass is 408 g/mol. The number of hydrogen-bond acceptors (Lipinski definition) is 4. The summed E-state index contributed by atoms with van der Waals surface area (Å²) >= 11 is 0. The fourth-order valence-corrected chi connectivity index (χ4v) is 7.37. The third-order valence-corrected chi connectivity index (χ3v) is 9.59. The number of rotatable bonds is 5. The van der Waals surface area contributed by atoms with E-state index in [1.54, 1.807) is 11.9 Å². The van der Waals surface area contributed by atoms with Crippen molar-refractivity contribution in [2.75, 3.05) is 13.6 Å². The van der Waals surface area contributed by atoms with Crippen LogP contribution < -0.4 is 4.72 Å². The number of carbonyl (C=O) groups is 1. The molecule has 0 aromatic carbocycles. The molecule has 1 saturated heterocycles. The summed E-state index contributed by atoms with van der Waals surface area (Å²) < 4.78 is 28.6. The van der Waals surface area contributed by atoms with E-state index in [1.807, 2.05) is 11.8 Å². The Bertz CT molecular complexity index is 773. The minimum Gasteiger partial charge on any atom is -0.323 e. The first-order chi connectivity index (χ1) is 13.2. The molecule has 3 saturated carbocycles. The molecule has 0 spiro atoms. The maximum atomic E-state index is 12.9. The third-order valence-electron chi connectivity index (χ3n) is 7.51. The van der Waals surface area contributed by atoms with Crippen LogP contribution in [0.3, 0.4) is 0 Å². The first-order valence-electron chi connectivity index (χ1n) is 10.7. The average molecular weight is 409 g/mol. The molecule has 4 aliphatic rings. The summed E-state index contributed by atoms with van der Waals surface area (Å²) in [5.41, 5.74) is -0.258. The lowest BCUT2D eigenvalue weighted by Crippen LogP contribution is -2.50. The van der Waals surface area contributed by atoms with Gasteiger partial charge in [-0.05, 0) is 57.8 Å². The number of nitrogens with one attached hydrogen (secondary N) is 1. The highest BCUT2D eigenvalue weighted by molar-refractivity contribution is 7.90. The van der Waals surface area contributed by atoms with E-state index in [1.165, 1.54) is 0 Å². The van der Waals surface area contributed by atoms with Gasteiger partial charge in [-0.3, -0.25) is 0 Å². The Morgan fingerprint density at radius 2 is 1.89 bits per heavy atom. The Kier molecular flexibility index (Phi) is 5.11. The smallest absolute Gasteiger partial charge is 0.320 e. The normalized spacial score (nSPS) is 37.5. The van der Waals surface area contributed by atoms with E-state index in [9.17, 15) is 18.5 Å². The van der Waals surface area contributed by atoms with Gasteiger partial charge in [-0.2, -0.15) is 5.26 Å². The molecule has 0 aromatic rings. The highest BCUT2D eigenvalue weighted by atomic mass is 32.2. The summed E-state index contributed by atoms with van der Waals surface area (Å²) in [5, 5.41) is 9.04. The number of sulfonamides is 1. The molecule has 28 heavy (non-hydrogen) atoms. The van der Waals surface area contributed by atoms with Gasteiger partial charge < -0.3 is 9.80 Å². The van der Waals surface area contributed by atoms with Crippen LogP contribution in [0.1, 0.15) is 64.7 Å². The van der Waals surface area contributed by atoms with E-state index in [2.05, 4.69) is 10.8 Å². The number of urea groups is 1. The highest BCUT2D eigenvalue weighted by Gasteiger charge is 2.51. The number of likely N-dealkylation sites (N-methyl/N-ethyl adjacent to an activating group) is 1. The minimum absolute atomic E-state index is 0.00238. The molecule has 5 atom stereocenters. The molecule has 1 heterocycles. The molecule has 1 N–H and O–H groups in total. The Hall–Kier alpha value is -1.33. The molecule has 4 rings (SSSR count). The van der Waals surface area contributed by atoms with Crippen molar-refractivity contribution in [1.82, 2.24) is 14.5 Å².